The fraction of sp³-hybridized carbons (Fsp3) is 0.375. The van der Waals surface area contributed by atoms with Crippen molar-refractivity contribution in [1.29, 1.82) is 0 Å². The van der Waals surface area contributed by atoms with Crippen molar-refractivity contribution in [2.24, 2.45) is 0 Å². The predicted octanol–water partition coefficient (Wildman–Crippen LogP) is 2.06. The number of hydrogen-bond donors (Lipinski definition) is 1. The van der Waals surface area contributed by atoms with Crippen molar-refractivity contribution < 1.29 is 9.52 Å². The zero-order chi connectivity index (χ0) is 13.8. The highest BCUT2D eigenvalue weighted by Gasteiger charge is 2.16. The van der Waals surface area contributed by atoms with E-state index in [0.717, 1.165) is 44.0 Å². The number of aliphatic hydroxyl groups excluding tert-OH is 1. The van der Waals surface area contributed by atoms with E-state index >= 15 is 0 Å². The summed E-state index contributed by atoms with van der Waals surface area (Å²) in [6.45, 7) is 5.09. The van der Waals surface area contributed by atoms with Crippen molar-refractivity contribution in [1.82, 2.24) is 4.90 Å². The molecule has 20 heavy (non-hydrogen) atoms. The summed E-state index contributed by atoms with van der Waals surface area (Å²) in [7, 11) is 0. The van der Waals surface area contributed by atoms with Gasteiger partial charge in [0.05, 0.1) is 12.9 Å². The number of aliphatic hydroxyl groups is 1. The van der Waals surface area contributed by atoms with Crippen LogP contribution in [0.25, 0.3) is 11.3 Å². The third-order valence-electron chi connectivity index (χ3n) is 3.83. The number of hydrogen-bond acceptors (Lipinski definition) is 4. The summed E-state index contributed by atoms with van der Waals surface area (Å²) < 4.78 is 5.40. The first-order chi connectivity index (χ1) is 9.86. The van der Waals surface area contributed by atoms with E-state index < -0.39 is 0 Å². The topological polar surface area (TPSA) is 39.9 Å². The number of rotatable bonds is 4. The van der Waals surface area contributed by atoms with Crippen molar-refractivity contribution in [2.75, 3.05) is 44.2 Å². The molecule has 1 fully saturated rings. The van der Waals surface area contributed by atoms with Gasteiger partial charge in [0.1, 0.15) is 5.76 Å². The summed E-state index contributed by atoms with van der Waals surface area (Å²) in [6.07, 6.45) is 1.70. The smallest absolute Gasteiger partial charge is 0.133 e. The Kier molecular flexibility index (Phi) is 4.04. The van der Waals surface area contributed by atoms with Crippen molar-refractivity contribution >= 4 is 5.69 Å². The summed E-state index contributed by atoms with van der Waals surface area (Å²) in [5.74, 6) is 0.907. The number of furan rings is 1. The van der Waals surface area contributed by atoms with Crippen LogP contribution in [0, 0.1) is 0 Å². The maximum atomic E-state index is 8.96. The Balaban J connectivity index is 1.64. The molecule has 0 saturated carbocycles. The van der Waals surface area contributed by atoms with Gasteiger partial charge < -0.3 is 14.4 Å². The molecule has 0 spiro atoms. The maximum Gasteiger partial charge on any atom is 0.133 e. The second-order valence-corrected chi connectivity index (χ2v) is 5.08. The summed E-state index contributed by atoms with van der Waals surface area (Å²) in [5, 5.41) is 8.96. The van der Waals surface area contributed by atoms with Crippen LogP contribution in [-0.2, 0) is 0 Å². The van der Waals surface area contributed by atoms with Crippen molar-refractivity contribution in [3.05, 3.63) is 42.7 Å². The molecule has 0 radical (unpaired) electrons. The molecule has 0 amide bonds. The van der Waals surface area contributed by atoms with E-state index in [0.29, 0.717) is 0 Å². The van der Waals surface area contributed by atoms with Gasteiger partial charge in [0.2, 0.25) is 0 Å². The molecule has 2 heterocycles. The van der Waals surface area contributed by atoms with Crippen molar-refractivity contribution in [3.8, 4) is 11.3 Å². The van der Waals surface area contributed by atoms with Crippen LogP contribution >= 0.6 is 0 Å². The van der Waals surface area contributed by atoms with Crippen LogP contribution in [0.2, 0.25) is 0 Å². The van der Waals surface area contributed by atoms with E-state index in [9.17, 15) is 0 Å². The van der Waals surface area contributed by atoms with Gasteiger partial charge in [-0.1, -0.05) is 0 Å². The minimum atomic E-state index is 0.248. The summed E-state index contributed by atoms with van der Waals surface area (Å²) in [4.78, 5) is 4.69. The monoisotopic (exact) mass is 272 g/mol. The quantitative estimate of drug-likeness (QED) is 0.925. The summed E-state index contributed by atoms with van der Waals surface area (Å²) >= 11 is 0. The molecule has 1 aliphatic heterocycles. The maximum absolute atomic E-state index is 8.96. The van der Waals surface area contributed by atoms with Gasteiger partial charge in [-0.15, -0.1) is 0 Å². The van der Waals surface area contributed by atoms with Gasteiger partial charge in [-0.05, 0) is 36.4 Å². The lowest BCUT2D eigenvalue weighted by molar-refractivity contribution is 0.189. The molecule has 1 aliphatic rings. The van der Waals surface area contributed by atoms with E-state index in [4.69, 9.17) is 9.52 Å². The molecule has 0 atom stereocenters. The largest absolute Gasteiger partial charge is 0.464 e. The number of β-amino-alcohol motifs (C(OH)–C–C–N with tert-alkyl or cyclic N) is 1. The van der Waals surface area contributed by atoms with Gasteiger partial charge >= 0.3 is 0 Å². The first-order valence-electron chi connectivity index (χ1n) is 7.09. The molecular formula is C16H20N2O2. The first-order valence-corrected chi connectivity index (χ1v) is 7.09. The van der Waals surface area contributed by atoms with Crippen LogP contribution in [0.3, 0.4) is 0 Å². The highest BCUT2D eigenvalue weighted by molar-refractivity contribution is 5.61. The third-order valence-corrected chi connectivity index (χ3v) is 3.83. The Bertz CT molecular complexity index is 514. The standard InChI is InChI=1S/C16H20N2O2/c19-12-11-17-7-9-18(10-8-17)15-5-3-14(4-6-15)16-2-1-13-20-16/h1-6,13,19H,7-12H2. The van der Waals surface area contributed by atoms with Crippen LogP contribution in [0.5, 0.6) is 0 Å². The third kappa shape index (κ3) is 2.86. The second kappa shape index (κ2) is 6.11. The first kappa shape index (κ1) is 13.2. The number of nitrogens with zero attached hydrogens (tertiary/aromatic N) is 2. The molecule has 4 nitrogen and oxygen atoms in total. The molecule has 0 unspecified atom stereocenters. The number of benzene rings is 1. The fourth-order valence-corrected chi connectivity index (χ4v) is 2.65. The Labute approximate surface area is 119 Å². The van der Waals surface area contributed by atoms with Crippen LogP contribution in [0.15, 0.2) is 47.1 Å². The lowest BCUT2D eigenvalue weighted by Gasteiger charge is -2.35. The highest BCUT2D eigenvalue weighted by atomic mass is 16.3. The molecule has 106 valence electrons. The van der Waals surface area contributed by atoms with Crippen LogP contribution in [0.4, 0.5) is 5.69 Å². The lowest BCUT2D eigenvalue weighted by atomic mass is 10.1. The van der Waals surface area contributed by atoms with Crippen LogP contribution in [0.1, 0.15) is 0 Å². The van der Waals surface area contributed by atoms with Gasteiger partial charge in [-0.2, -0.15) is 0 Å². The molecule has 3 rings (SSSR count). The Morgan fingerprint density at radius 2 is 1.75 bits per heavy atom. The normalized spacial score (nSPS) is 16.6. The number of anilines is 1. The van der Waals surface area contributed by atoms with Crippen LogP contribution < -0.4 is 4.90 Å². The van der Waals surface area contributed by atoms with Gasteiger partial charge in [-0.25, -0.2) is 0 Å². The average molecular weight is 272 g/mol. The van der Waals surface area contributed by atoms with Gasteiger partial charge in [0.25, 0.3) is 0 Å². The SMILES string of the molecule is OCCN1CCN(c2ccc(-c3ccco3)cc2)CC1. The average Bonchev–Trinajstić information content (AvgIpc) is 3.03. The van der Waals surface area contributed by atoms with E-state index in [1.807, 2.05) is 12.1 Å². The minimum Gasteiger partial charge on any atom is -0.464 e. The molecule has 1 aromatic carbocycles. The number of piperazine rings is 1. The van der Waals surface area contributed by atoms with Gasteiger partial charge in [0, 0.05) is 44.0 Å². The Morgan fingerprint density at radius 3 is 2.35 bits per heavy atom. The van der Waals surface area contributed by atoms with E-state index in [2.05, 4.69) is 34.1 Å². The van der Waals surface area contributed by atoms with Gasteiger partial charge in [0.15, 0.2) is 0 Å². The molecule has 4 heteroatoms. The summed E-state index contributed by atoms with van der Waals surface area (Å²) in [5.41, 5.74) is 2.36. The van der Waals surface area contributed by atoms with E-state index in [-0.39, 0.29) is 6.61 Å². The zero-order valence-electron chi connectivity index (χ0n) is 11.5. The minimum absolute atomic E-state index is 0.248. The van der Waals surface area contributed by atoms with Crippen molar-refractivity contribution in [3.63, 3.8) is 0 Å². The second-order valence-electron chi connectivity index (χ2n) is 5.08. The van der Waals surface area contributed by atoms with Crippen molar-refractivity contribution in [2.45, 2.75) is 0 Å². The van der Waals surface area contributed by atoms with E-state index in [1.54, 1.807) is 6.26 Å². The molecule has 2 aromatic rings. The Morgan fingerprint density at radius 1 is 1.00 bits per heavy atom. The Hall–Kier alpha value is -1.78. The molecular weight excluding hydrogens is 252 g/mol. The predicted molar refractivity (Wildman–Crippen MR) is 79.9 cm³/mol. The van der Waals surface area contributed by atoms with Gasteiger partial charge in [-0.3, -0.25) is 4.90 Å². The lowest BCUT2D eigenvalue weighted by Crippen LogP contribution is -2.47. The molecule has 1 N–H and O–H groups in total. The van der Waals surface area contributed by atoms with Crippen LogP contribution in [-0.4, -0.2) is 49.3 Å². The molecule has 0 aliphatic carbocycles. The zero-order valence-corrected chi connectivity index (χ0v) is 11.5. The molecule has 0 bridgehead atoms. The molecule has 1 saturated heterocycles. The van der Waals surface area contributed by atoms with E-state index in [1.165, 1.54) is 5.69 Å². The molecule has 1 aromatic heterocycles. The summed E-state index contributed by atoms with van der Waals surface area (Å²) in [6, 6.07) is 12.4. The highest BCUT2D eigenvalue weighted by Crippen LogP contribution is 2.24. The fourth-order valence-electron chi connectivity index (χ4n) is 2.65.